The summed E-state index contributed by atoms with van der Waals surface area (Å²) in [7, 11) is 0. The lowest BCUT2D eigenvalue weighted by Gasteiger charge is -2.61. The SMILES string of the molecule is C/C=C1/CCC2C3CCC4CC(C)CCC4(CO)C3CCC12C. The van der Waals surface area contributed by atoms with Crippen molar-refractivity contribution >= 4 is 0 Å². The van der Waals surface area contributed by atoms with Crippen molar-refractivity contribution in [2.24, 2.45) is 40.4 Å². The Morgan fingerprint density at radius 2 is 1.91 bits per heavy atom. The average molecular weight is 317 g/mol. The van der Waals surface area contributed by atoms with Crippen LogP contribution < -0.4 is 0 Å². The summed E-state index contributed by atoms with van der Waals surface area (Å²) in [5.74, 6) is 4.29. The van der Waals surface area contributed by atoms with Gasteiger partial charge in [0, 0.05) is 6.61 Å². The van der Waals surface area contributed by atoms with Crippen LogP contribution >= 0.6 is 0 Å². The van der Waals surface area contributed by atoms with E-state index >= 15 is 0 Å². The lowest BCUT2D eigenvalue weighted by molar-refractivity contribution is -0.137. The number of hydrogen-bond donors (Lipinski definition) is 1. The summed E-state index contributed by atoms with van der Waals surface area (Å²) in [6, 6.07) is 0. The van der Waals surface area contributed by atoms with E-state index in [1.54, 1.807) is 5.57 Å². The van der Waals surface area contributed by atoms with E-state index in [0.29, 0.717) is 12.0 Å². The predicted molar refractivity (Wildman–Crippen MR) is 96.1 cm³/mol. The number of rotatable bonds is 1. The van der Waals surface area contributed by atoms with E-state index in [9.17, 15) is 5.11 Å². The summed E-state index contributed by atoms with van der Waals surface area (Å²) in [5.41, 5.74) is 2.52. The van der Waals surface area contributed by atoms with Gasteiger partial charge in [-0.25, -0.2) is 0 Å². The number of allylic oxidation sites excluding steroid dienone is 2. The van der Waals surface area contributed by atoms with Crippen molar-refractivity contribution in [3.63, 3.8) is 0 Å². The van der Waals surface area contributed by atoms with Gasteiger partial charge in [-0.1, -0.05) is 31.9 Å². The van der Waals surface area contributed by atoms with Gasteiger partial charge in [-0.05, 0) is 98.7 Å². The third-order valence-electron chi connectivity index (χ3n) is 9.12. The van der Waals surface area contributed by atoms with Crippen LogP contribution in [0.4, 0.5) is 0 Å². The second-order valence-electron chi connectivity index (χ2n) is 9.73. The Balaban J connectivity index is 1.66. The van der Waals surface area contributed by atoms with Crippen LogP contribution in [0.2, 0.25) is 0 Å². The molecule has 0 heterocycles. The standard InChI is InChI=1S/C22H36O/c1-4-16-6-8-19-18-7-5-17-13-15(2)9-12-22(17,14-23)20(18)10-11-21(16,19)3/h4,15,17-20,23H,5-14H2,1-3H3/b16-4-. The zero-order valence-electron chi connectivity index (χ0n) is 15.5. The maximum Gasteiger partial charge on any atom is 0.0492 e. The molecular formula is C22H36O. The van der Waals surface area contributed by atoms with Gasteiger partial charge < -0.3 is 5.11 Å². The summed E-state index contributed by atoms with van der Waals surface area (Å²) >= 11 is 0. The van der Waals surface area contributed by atoms with Crippen LogP contribution in [0.3, 0.4) is 0 Å². The molecular weight excluding hydrogens is 280 g/mol. The molecule has 4 aliphatic rings. The average Bonchev–Trinajstić information content (AvgIpc) is 2.90. The van der Waals surface area contributed by atoms with Crippen molar-refractivity contribution in [2.45, 2.75) is 78.6 Å². The van der Waals surface area contributed by atoms with Gasteiger partial charge >= 0.3 is 0 Å². The maximum atomic E-state index is 10.5. The topological polar surface area (TPSA) is 20.2 Å². The number of aliphatic hydroxyl groups excluding tert-OH is 1. The molecule has 1 heteroatoms. The van der Waals surface area contributed by atoms with Gasteiger partial charge in [-0.3, -0.25) is 0 Å². The quantitative estimate of drug-likeness (QED) is 0.626. The molecule has 130 valence electrons. The minimum absolute atomic E-state index is 0.287. The molecule has 1 N–H and O–H groups in total. The largest absolute Gasteiger partial charge is 0.396 e. The van der Waals surface area contributed by atoms with E-state index in [4.69, 9.17) is 0 Å². The third-order valence-corrected chi connectivity index (χ3v) is 9.12. The first-order valence-electron chi connectivity index (χ1n) is 10.3. The Bertz CT molecular complexity index is 494. The van der Waals surface area contributed by atoms with Crippen molar-refractivity contribution in [1.29, 1.82) is 0 Å². The van der Waals surface area contributed by atoms with Crippen molar-refractivity contribution in [3.05, 3.63) is 11.6 Å². The third kappa shape index (κ3) is 2.14. The first-order valence-corrected chi connectivity index (χ1v) is 10.3. The molecule has 0 aliphatic heterocycles. The number of hydrogen-bond acceptors (Lipinski definition) is 1. The van der Waals surface area contributed by atoms with Gasteiger partial charge in [0.15, 0.2) is 0 Å². The van der Waals surface area contributed by atoms with Crippen LogP contribution in [0, 0.1) is 40.4 Å². The summed E-state index contributed by atoms with van der Waals surface area (Å²) < 4.78 is 0. The molecule has 7 unspecified atom stereocenters. The Morgan fingerprint density at radius 3 is 2.65 bits per heavy atom. The summed E-state index contributed by atoms with van der Waals surface area (Å²) in [4.78, 5) is 0. The Hall–Kier alpha value is -0.300. The fraction of sp³-hybridized carbons (Fsp3) is 0.909. The van der Waals surface area contributed by atoms with Crippen LogP contribution in [0.25, 0.3) is 0 Å². The van der Waals surface area contributed by atoms with Crippen LogP contribution in [0.5, 0.6) is 0 Å². The zero-order chi connectivity index (χ0) is 16.2. The molecule has 0 spiro atoms. The molecule has 0 radical (unpaired) electrons. The molecule has 23 heavy (non-hydrogen) atoms. The molecule has 0 saturated heterocycles. The molecule has 4 fully saturated rings. The van der Waals surface area contributed by atoms with E-state index in [-0.39, 0.29) is 5.41 Å². The molecule has 0 aromatic carbocycles. The van der Waals surface area contributed by atoms with Crippen LogP contribution in [-0.4, -0.2) is 11.7 Å². The highest BCUT2D eigenvalue weighted by atomic mass is 16.3. The monoisotopic (exact) mass is 316 g/mol. The van der Waals surface area contributed by atoms with Gasteiger partial charge in [-0.2, -0.15) is 0 Å². The van der Waals surface area contributed by atoms with Crippen molar-refractivity contribution in [2.75, 3.05) is 6.61 Å². The van der Waals surface area contributed by atoms with E-state index in [1.807, 2.05) is 0 Å². The number of aliphatic hydroxyl groups is 1. The van der Waals surface area contributed by atoms with Crippen molar-refractivity contribution in [3.8, 4) is 0 Å². The molecule has 4 saturated carbocycles. The van der Waals surface area contributed by atoms with Crippen LogP contribution in [0.1, 0.15) is 78.6 Å². The van der Waals surface area contributed by atoms with E-state index in [2.05, 4.69) is 26.8 Å². The van der Waals surface area contributed by atoms with Crippen molar-refractivity contribution in [1.82, 2.24) is 0 Å². The number of fused-ring (bicyclic) bond motifs is 5. The molecule has 0 amide bonds. The van der Waals surface area contributed by atoms with Crippen LogP contribution in [0.15, 0.2) is 11.6 Å². The molecule has 0 aromatic rings. The van der Waals surface area contributed by atoms with Gasteiger partial charge in [0.2, 0.25) is 0 Å². The first-order chi connectivity index (χ1) is 11.0. The van der Waals surface area contributed by atoms with E-state index in [1.165, 1.54) is 57.8 Å². The molecule has 0 bridgehead atoms. The summed E-state index contributed by atoms with van der Waals surface area (Å²) in [5, 5.41) is 10.5. The van der Waals surface area contributed by atoms with E-state index < -0.39 is 0 Å². The summed E-state index contributed by atoms with van der Waals surface area (Å²) in [6.07, 6.45) is 14.8. The van der Waals surface area contributed by atoms with Gasteiger partial charge in [-0.15, -0.1) is 0 Å². The smallest absolute Gasteiger partial charge is 0.0492 e. The highest BCUT2D eigenvalue weighted by Gasteiger charge is 2.59. The minimum Gasteiger partial charge on any atom is -0.396 e. The fourth-order valence-corrected chi connectivity index (χ4v) is 7.90. The predicted octanol–water partition coefficient (Wildman–Crippen LogP) is 5.58. The first kappa shape index (κ1) is 16.2. The lowest BCUT2D eigenvalue weighted by atomic mass is 9.44. The normalized spacial score (nSPS) is 54.4. The molecule has 0 aromatic heterocycles. The second kappa shape index (κ2) is 5.61. The van der Waals surface area contributed by atoms with Crippen LogP contribution in [-0.2, 0) is 0 Å². The Morgan fingerprint density at radius 1 is 1.09 bits per heavy atom. The highest BCUT2D eigenvalue weighted by Crippen LogP contribution is 2.67. The lowest BCUT2D eigenvalue weighted by Crippen LogP contribution is -2.55. The molecule has 7 atom stereocenters. The Kier molecular flexibility index (Phi) is 3.95. The Labute approximate surface area is 142 Å². The van der Waals surface area contributed by atoms with Gasteiger partial charge in [0.1, 0.15) is 0 Å². The zero-order valence-corrected chi connectivity index (χ0v) is 15.5. The fourth-order valence-electron chi connectivity index (χ4n) is 7.90. The molecule has 4 aliphatic carbocycles. The van der Waals surface area contributed by atoms with Gasteiger partial charge in [0.05, 0.1) is 0 Å². The highest BCUT2D eigenvalue weighted by molar-refractivity contribution is 5.23. The van der Waals surface area contributed by atoms with E-state index in [0.717, 1.165) is 29.6 Å². The van der Waals surface area contributed by atoms with Gasteiger partial charge in [0.25, 0.3) is 0 Å². The minimum atomic E-state index is 0.287. The molecule has 4 rings (SSSR count). The maximum absolute atomic E-state index is 10.5. The molecule has 1 nitrogen and oxygen atoms in total. The second-order valence-corrected chi connectivity index (χ2v) is 9.73. The van der Waals surface area contributed by atoms with Crippen molar-refractivity contribution < 1.29 is 5.11 Å². The summed E-state index contributed by atoms with van der Waals surface area (Å²) in [6.45, 7) is 7.71.